The average molecular weight is 379 g/mol. The van der Waals surface area contributed by atoms with Gasteiger partial charge in [0.05, 0.1) is 7.11 Å². The third-order valence-electron chi connectivity index (χ3n) is 4.27. The van der Waals surface area contributed by atoms with Gasteiger partial charge in [0, 0.05) is 13.0 Å². The SMILES string of the molecule is COc1ccc(CNC(=O)COc2ccccc2Cc2ccccc2)cc1F. The zero-order chi connectivity index (χ0) is 19.8. The summed E-state index contributed by atoms with van der Waals surface area (Å²) in [6, 6.07) is 22.3. The van der Waals surface area contributed by atoms with Gasteiger partial charge in [-0.3, -0.25) is 4.79 Å². The molecule has 0 aliphatic rings. The summed E-state index contributed by atoms with van der Waals surface area (Å²) in [4.78, 5) is 12.1. The summed E-state index contributed by atoms with van der Waals surface area (Å²) in [5.74, 6) is 0.122. The third kappa shape index (κ3) is 5.33. The largest absolute Gasteiger partial charge is 0.494 e. The van der Waals surface area contributed by atoms with Crippen LogP contribution in [-0.4, -0.2) is 19.6 Å². The number of amides is 1. The monoisotopic (exact) mass is 379 g/mol. The standard InChI is InChI=1S/C23H22FNO3/c1-27-22-12-11-18(14-20(22)24)15-25-23(26)16-28-21-10-6-5-9-19(21)13-17-7-3-2-4-8-17/h2-12,14H,13,15-16H2,1H3,(H,25,26). The number of benzene rings is 3. The van der Waals surface area contributed by atoms with Crippen LogP contribution in [0.15, 0.2) is 72.8 Å². The zero-order valence-corrected chi connectivity index (χ0v) is 15.7. The van der Waals surface area contributed by atoms with E-state index in [0.29, 0.717) is 11.3 Å². The molecule has 0 fully saturated rings. The van der Waals surface area contributed by atoms with Crippen LogP contribution in [0, 0.1) is 5.82 Å². The number of carbonyl (C=O) groups excluding carboxylic acids is 1. The molecule has 3 rings (SSSR count). The molecule has 0 heterocycles. The van der Waals surface area contributed by atoms with Crippen molar-refractivity contribution in [3.05, 3.63) is 95.3 Å². The van der Waals surface area contributed by atoms with E-state index in [2.05, 4.69) is 17.4 Å². The fraction of sp³-hybridized carbons (Fsp3) is 0.174. The molecule has 0 aromatic heterocycles. The van der Waals surface area contributed by atoms with Crippen LogP contribution in [0.2, 0.25) is 0 Å². The number of hydrogen-bond donors (Lipinski definition) is 1. The molecule has 28 heavy (non-hydrogen) atoms. The van der Waals surface area contributed by atoms with Crippen molar-refractivity contribution in [3.8, 4) is 11.5 Å². The van der Waals surface area contributed by atoms with Gasteiger partial charge in [-0.05, 0) is 34.9 Å². The first kappa shape index (κ1) is 19.4. The number of methoxy groups -OCH3 is 1. The normalized spacial score (nSPS) is 10.4. The van der Waals surface area contributed by atoms with E-state index in [1.807, 2.05) is 42.5 Å². The van der Waals surface area contributed by atoms with E-state index < -0.39 is 5.82 Å². The Hall–Kier alpha value is -3.34. The van der Waals surface area contributed by atoms with Gasteiger partial charge < -0.3 is 14.8 Å². The Bertz CT molecular complexity index is 928. The fourth-order valence-electron chi connectivity index (χ4n) is 2.82. The lowest BCUT2D eigenvalue weighted by Crippen LogP contribution is -2.28. The molecule has 1 N–H and O–H groups in total. The van der Waals surface area contributed by atoms with Crippen molar-refractivity contribution in [2.75, 3.05) is 13.7 Å². The van der Waals surface area contributed by atoms with Gasteiger partial charge in [0.15, 0.2) is 18.2 Å². The molecule has 1 amide bonds. The van der Waals surface area contributed by atoms with Crippen LogP contribution in [0.5, 0.6) is 11.5 Å². The highest BCUT2D eigenvalue weighted by Crippen LogP contribution is 2.21. The highest BCUT2D eigenvalue weighted by Gasteiger charge is 2.09. The molecule has 4 nitrogen and oxygen atoms in total. The topological polar surface area (TPSA) is 47.6 Å². The molecule has 144 valence electrons. The maximum Gasteiger partial charge on any atom is 0.258 e. The summed E-state index contributed by atoms with van der Waals surface area (Å²) >= 11 is 0. The van der Waals surface area contributed by atoms with E-state index in [1.54, 1.807) is 6.07 Å². The van der Waals surface area contributed by atoms with Crippen molar-refractivity contribution in [2.24, 2.45) is 0 Å². The number of halogens is 1. The summed E-state index contributed by atoms with van der Waals surface area (Å²) < 4.78 is 24.3. The van der Waals surface area contributed by atoms with Crippen molar-refractivity contribution < 1.29 is 18.7 Å². The van der Waals surface area contributed by atoms with Crippen molar-refractivity contribution >= 4 is 5.91 Å². The van der Waals surface area contributed by atoms with Crippen molar-refractivity contribution in [1.29, 1.82) is 0 Å². The molecular weight excluding hydrogens is 357 g/mol. The number of ether oxygens (including phenoxy) is 2. The quantitative estimate of drug-likeness (QED) is 0.640. The number of rotatable bonds is 8. The molecule has 0 unspecified atom stereocenters. The highest BCUT2D eigenvalue weighted by atomic mass is 19.1. The molecule has 0 saturated carbocycles. The fourth-order valence-corrected chi connectivity index (χ4v) is 2.82. The summed E-state index contributed by atoms with van der Waals surface area (Å²) in [7, 11) is 1.41. The maximum atomic E-state index is 13.7. The number of hydrogen-bond acceptors (Lipinski definition) is 3. The van der Waals surface area contributed by atoms with E-state index >= 15 is 0 Å². The van der Waals surface area contributed by atoms with E-state index in [-0.39, 0.29) is 24.8 Å². The van der Waals surface area contributed by atoms with Gasteiger partial charge in [-0.1, -0.05) is 54.6 Å². The lowest BCUT2D eigenvalue weighted by atomic mass is 10.0. The van der Waals surface area contributed by atoms with Gasteiger partial charge in [-0.15, -0.1) is 0 Å². The Morgan fingerprint density at radius 2 is 1.68 bits per heavy atom. The van der Waals surface area contributed by atoms with E-state index in [9.17, 15) is 9.18 Å². The minimum absolute atomic E-state index is 0.107. The van der Waals surface area contributed by atoms with E-state index in [0.717, 1.165) is 12.0 Å². The Balaban J connectivity index is 1.54. The van der Waals surface area contributed by atoms with Crippen LogP contribution in [-0.2, 0) is 17.8 Å². The third-order valence-corrected chi connectivity index (χ3v) is 4.27. The predicted molar refractivity (Wildman–Crippen MR) is 106 cm³/mol. The highest BCUT2D eigenvalue weighted by molar-refractivity contribution is 5.77. The molecule has 0 spiro atoms. The summed E-state index contributed by atoms with van der Waals surface area (Å²) in [5.41, 5.74) is 2.83. The minimum atomic E-state index is -0.458. The Kier molecular flexibility index (Phi) is 6.63. The predicted octanol–water partition coefficient (Wildman–Crippen LogP) is 4.12. The number of para-hydroxylation sites is 1. The van der Waals surface area contributed by atoms with E-state index in [4.69, 9.17) is 9.47 Å². The molecular formula is C23H22FNO3. The lowest BCUT2D eigenvalue weighted by molar-refractivity contribution is -0.123. The van der Waals surface area contributed by atoms with Crippen molar-refractivity contribution in [3.63, 3.8) is 0 Å². The van der Waals surface area contributed by atoms with Crippen LogP contribution in [0.25, 0.3) is 0 Å². The van der Waals surface area contributed by atoms with Crippen molar-refractivity contribution in [1.82, 2.24) is 5.32 Å². The number of carbonyl (C=O) groups is 1. The maximum absolute atomic E-state index is 13.7. The molecule has 0 saturated heterocycles. The minimum Gasteiger partial charge on any atom is -0.494 e. The first-order valence-corrected chi connectivity index (χ1v) is 8.99. The second-order valence-electron chi connectivity index (χ2n) is 6.30. The molecule has 5 heteroatoms. The van der Waals surface area contributed by atoms with Gasteiger partial charge in [-0.25, -0.2) is 4.39 Å². The van der Waals surface area contributed by atoms with Gasteiger partial charge in [-0.2, -0.15) is 0 Å². The summed E-state index contributed by atoms with van der Waals surface area (Å²) in [5, 5.41) is 2.73. The molecule has 0 atom stereocenters. The molecule has 0 bridgehead atoms. The van der Waals surface area contributed by atoms with Gasteiger partial charge in [0.2, 0.25) is 0 Å². The summed E-state index contributed by atoms with van der Waals surface area (Å²) in [6.45, 7) is 0.110. The first-order chi connectivity index (χ1) is 13.7. The van der Waals surface area contributed by atoms with Crippen LogP contribution in [0.3, 0.4) is 0 Å². The molecule has 0 radical (unpaired) electrons. The Labute approximate surface area is 163 Å². The first-order valence-electron chi connectivity index (χ1n) is 8.99. The molecule has 3 aromatic carbocycles. The lowest BCUT2D eigenvalue weighted by Gasteiger charge is -2.12. The Morgan fingerprint density at radius 1 is 0.929 bits per heavy atom. The van der Waals surface area contributed by atoms with Crippen LogP contribution >= 0.6 is 0 Å². The second-order valence-corrected chi connectivity index (χ2v) is 6.30. The van der Waals surface area contributed by atoms with E-state index in [1.165, 1.54) is 24.8 Å². The molecule has 3 aromatic rings. The molecule has 0 aliphatic carbocycles. The zero-order valence-electron chi connectivity index (χ0n) is 15.7. The Morgan fingerprint density at radius 3 is 2.43 bits per heavy atom. The smallest absolute Gasteiger partial charge is 0.258 e. The number of nitrogens with one attached hydrogen (secondary N) is 1. The molecule has 0 aliphatic heterocycles. The second kappa shape index (κ2) is 9.55. The van der Waals surface area contributed by atoms with Crippen molar-refractivity contribution in [2.45, 2.75) is 13.0 Å². The van der Waals surface area contributed by atoms with Gasteiger partial charge in [0.25, 0.3) is 5.91 Å². The summed E-state index contributed by atoms with van der Waals surface area (Å²) in [6.07, 6.45) is 0.726. The van der Waals surface area contributed by atoms with Gasteiger partial charge in [0.1, 0.15) is 5.75 Å². The average Bonchev–Trinajstić information content (AvgIpc) is 2.72. The van der Waals surface area contributed by atoms with Crippen LogP contribution < -0.4 is 14.8 Å². The van der Waals surface area contributed by atoms with Crippen LogP contribution in [0.1, 0.15) is 16.7 Å². The van der Waals surface area contributed by atoms with Gasteiger partial charge >= 0.3 is 0 Å². The van der Waals surface area contributed by atoms with Crippen LogP contribution in [0.4, 0.5) is 4.39 Å².